The summed E-state index contributed by atoms with van der Waals surface area (Å²) in [5, 5.41) is 1.96. The topological polar surface area (TPSA) is 46.2 Å². The third-order valence-corrected chi connectivity index (χ3v) is 7.36. The summed E-state index contributed by atoms with van der Waals surface area (Å²) in [5.41, 5.74) is 0. The molecule has 7 heteroatoms. The van der Waals surface area contributed by atoms with Gasteiger partial charge < -0.3 is 0 Å². The van der Waals surface area contributed by atoms with Crippen molar-refractivity contribution in [3.8, 4) is 0 Å². The van der Waals surface area contributed by atoms with Crippen LogP contribution >= 0.6 is 38.9 Å². The lowest BCUT2D eigenvalue weighted by atomic mass is 10.1. The highest BCUT2D eigenvalue weighted by Crippen LogP contribution is 2.30. The first kappa shape index (κ1) is 13.8. The number of nitrogens with one attached hydrogen (secondary N) is 1. The number of thiophene rings is 1. The lowest BCUT2D eigenvalue weighted by Gasteiger charge is -2.10. The first-order valence-corrected chi connectivity index (χ1v) is 8.95. The monoisotopic (exact) mass is 357 g/mol. The molecule has 0 saturated heterocycles. The minimum absolute atomic E-state index is 0.206. The van der Waals surface area contributed by atoms with Crippen molar-refractivity contribution < 1.29 is 8.42 Å². The van der Waals surface area contributed by atoms with E-state index in [2.05, 4.69) is 20.7 Å². The van der Waals surface area contributed by atoms with E-state index in [-0.39, 0.29) is 5.38 Å². The summed E-state index contributed by atoms with van der Waals surface area (Å²) in [4.78, 5) is 0. The lowest BCUT2D eigenvalue weighted by Crippen LogP contribution is -2.28. The van der Waals surface area contributed by atoms with E-state index in [1.54, 1.807) is 11.4 Å². The zero-order valence-corrected chi connectivity index (χ0v) is 13.0. The third-order valence-electron chi connectivity index (χ3n) is 2.87. The fourth-order valence-corrected chi connectivity index (χ4v) is 5.84. The average Bonchev–Trinajstić information content (AvgIpc) is 2.85. The van der Waals surface area contributed by atoms with Crippen molar-refractivity contribution in [1.29, 1.82) is 0 Å². The number of halogens is 2. The van der Waals surface area contributed by atoms with Crippen molar-refractivity contribution in [2.24, 2.45) is 5.92 Å². The fraction of sp³-hybridized carbons (Fsp3) is 0.600. The Balaban J connectivity index is 1.97. The predicted molar refractivity (Wildman–Crippen MR) is 74.2 cm³/mol. The number of alkyl halides is 1. The van der Waals surface area contributed by atoms with Crippen molar-refractivity contribution in [2.75, 3.05) is 6.54 Å². The van der Waals surface area contributed by atoms with E-state index >= 15 is 0 Å². The van der Waals surface area contributed by atoms with Crippen molar-refractivity contribution in [1.82, 2.24) is 4.72 Å². The van der Waals surface area contributed by atoms with Crippen LogP contribution in [0.3, 0.4) is 0 Å². The molecule has 0 aromatic carbocycles. The molecule has 1 aliphatic carbocycles. The zero-order valence-electron chi connectivity index (χ0n) is 9.03. The number of rotatable bonds is 4. The molecule has 3 nitrogen and oxygen atoms in total. The Morgan fingerprint density at radius 3 is 2.82 bits per heavy atom. The molecule has 2 unspecified atom stereocenters. The van der Waals surface area contributed by atoms with E-state index < -0.39 is 10.0 Å². The van der Waals surface area contributed by atoms with Gasteiger partial charge in [-0.2, -0.15) is 0 Å². The van der Waals surface area contributed by atoms with Crippen molar-refractivity contribution in [2.45, 2.75) is 28.8 Å². The Labute approximate surface area is 119 Å². The van der Waals surface area contributed by atoms with Gasteiger partial charge in [0.25, 0.3) is 10.0 Å². The Hall–Kier alpha value is 0.380. The molecule has 0 radical (unpaired) electrons. The standard InChI is InChI=1S/C10H13BrClNO2S2/c11-9-3-4-16-10(9)17(14,15)13-6-7-1-2-8(12)5-7/h3-4,7-8,13H,1-2,5-6H2. The van der Waals surface area contributed by atoms with E-state index in [0.717, 1.165) is 19.3 Å². The van der Waals surface area contributed by atoms with Gasteiger partial charge in [0.05, 0.1) is 0 Å². The summed E-state index contributed by atoms with van der Waals surface area (Å²) >= 11 is 10.5. The smallest absolute Gasteiger partial charge is 0.210 e. The summed E-state index contributed by atoms with van der Waals surface area (Å²) in [6, 6.07) is 1.74. The summed E-state index contributed by atoms with van der Waals surface area (Å²) in [6.07, 6.45) is 2.88. The largest absolute Gasteiger partial charge is 0.251 e. The first-order chi connectivity index (χ1) is 7.99. The Morgan fingerprint density at radius 1 is 1.53 bits per heavy atom. The molecule has 0 aliphatic heterocycles. The average molecular weight is 359 g/mol. The molecule has 0 amide bonds. The van der Waals surface area contributed by atoms with Crippen LogP contribution in [-0.4, -0.2) is 20.3 Å². The number of hydrogen-bond acceptors (Lipinski definition) is 3. The zero-order chi connectivity index (χ0) is 12.5. The van der Waals surface area contributed by atoms with E-state index in [4.69, 9.17) is 11.6 Å². The molecule has 2 rings (SSSR count). The van der Waals surface area contributed by atoms with E-state index in [1.807, 2.05) is 0 Å². The van der Waals surface area contributed by atoms with Crippen LogP contribution in [0.5, 0.6) is 0 Å². The number of sulfonamides is 1. The SMILES string of the molecule is O=S(=O)(NCC1CCC(Cl)C1)c1sccc1Br. The highest BCUT2D eigenvalue weighted by atomic mass is 79.9. The van der Waals surface area contributed by atoms with Crippen LogP contribution < -0.4 is 4.72 Å². The molecule has 0 bridgehead atoms. The van der Waals surface area contributed by atoms with Crippen LogP contribution in [0.25, 0.3) is 0 Å². The predicted octanol–water partition coefficient (Wildman–Crippen LogP) is 3.20. The Kier molecular flexibility index (Phi) is 4.52. The molecule has 1 N–H and O–H groups in total. The molecule has 1 aromatic heterocycles. The minimum Gasteiger partial charge on any atom is -0.210 e. The van der Waals surface area contributed by atoms with E-state index in [1.165, 1.54) is 11.3 Å². The van der Waals surface area contributed by atoms with Crippen LogP contribution in [0, 0.1) is 5.92 Å². The van der Waals surface area contributed by atoms with Crippen molar-refractivity contribution in [3.05, 3.63) is 15.9 Å². The first-order valence-electron chi connectivity index (χ1n) is 5.36. The molecule has 96 valence electrons. The molecular weight excluding hydrogens is 346 g/mol. The van der Waals surface area contributed by atoms with Gasteiger partial charge in [-0.15, -0.1) is 22.9 Å². The van der Waals surface area contributed by atoms with Crippen LogP contribution in [0.2, 0.25) is 0 Å². The van der Waals surface area contributed by atoms with Gasteiger partial charge in [-0.25, -0.2) is 13.1 Å². The maximum Gasteiger partial charge on any atom is 0.251 e. The second-order valence-electron chi connectivity index (χ2n) is 4.18. The van der Waals surface area contributed by atoms with E-state index in [9.17, 15) is 8.42 Å². The maximum absolute atomic E-state index is 12.0. The van der Waals surface area contributed by atoms with Crippen molar-refractivity contribution >= 4 is 48.9 Å². The molecular formula is C10H13BrClNO2S2. The van der Waals surface area contributed by atoms with Gasteiger partial charge in [0, 0.05) is 16.4 Å². The fourth-order valence-electron chi connectivity index (χ4n) is 1.96. The molecule has 2 atom stereocenters. The second kappa shape index (κ2) is 5.57. The Morgan fingerprint density at radius 2 is 2.29 bits per heavy atom. The molecule has 1 aliphatic rings. The highest BCUT2D eigenvalue weighted by molar-refractivity contribution is 9.10. The molecule has 1 saturated carbocycles. The molecule has 17 heavy (non-hydrogen) atoms. The normalized spacial score (nSPS) is 25.3. The van der Waals surface area contributed by atoms with Gasteiger partial charge in [-0.05, 0) is 52.6 Å². The van der Waals surface area contributed by atoms with Gasteiger partial charge in [-0.1, -0.05) is 0 Å². The Bertz CT molecular complexity index is 488. The quantitative estimate of drug-likeness (QED) is 0.840. The van der Waals surface area contributed by atoms with Crippen molar-refractivity contribution in [3.63, 3.8) is 0 Å². The number of hydrogen-bond donors (Lipinski definition) is 1. The lowest BCUT2D eigenvalue weighted by molar-refractivity contribution is 0.521. The molecule has 1 heterocycles. The van der Waals surface area contributed by atoms with Gasteiger partial charge in [-0.3, -0.25) is 0 Å². The second-order valence-corrected chi connectivity index (χ2v) is 8.53. The third kappa shape index (κ3) is 3.44. The summed E-state index contributed by atoms with van der Waals surface area (Å²) in [5.74, 6) is 0.367. The van der Waals surface area contributed by atoms with Crippen LogP contribution in [0.15, 0.2) is 20.1 Å². The highest BCUT2D eigenvalue weighted by Gasteiger charge is 2.25. The molecule has 0 spiro atoms. The summed E-state index contributed by atoms with van der Waals surface area (Å²) in [7, 11) is -3.37. The molecule has 1 fully saturated rings. The van der Waals surface area contributed by atoms with Gasteiger partial charge in [0.15, 0.2) is 0 Å². The van der Waals surface area contributed by atoms with Crippen LogP contribution in [-0.2, 0) is 10.0 Å². The van der Waals surface area contributed by atoms with Crippen LogP contribution in [0.1, 0.15) is 19.3 Å². The van der Waals surface area contributed by atoms with Gasteiger partial charge in [0.1, 0.15) is 4.21 Å². The molecule has 1 aromatic rings. The van der Waals surface area contributed by atoms with E-state index in [0.29, 0.717) is 21.1 Å². The van der Waals surface area contributed by atoms with Gasteiger partial charge >= 0.3 is 0 Å². The van der Waals surface area contributed by atoms with Crippen LogP contribution in [0.4, 0.5) is 0 Å². The minimum atomic E-state index is -3.37. The van der Waals surface area contributed by atoms with Gasteiger partial charge in [0.2, 0.25) is 0 Å². The summed E-state index contributed by atoms with van der Waals surface area (Å²) in [6.45, 7) is 0.482. The summed E-state index contributed by atoms with van der Waals surface area (Å²) < 4.78 is 27.6. The maximum atomic E-state index is 12.0.